The van der Waals surface area contributed by atoms with Gasteiger partial charge in [-0.2, -0.15) is 0 Å². The number of aryl methyl sites for hydroxylation is 2. The van der Waals surface area contributed by atoms with Crippen LogP contribution in [0.4, 0.5) is 11.4 Å². The van der Waals surface area contributed by atoms with Crippen LogP contribution in [0.15, 0.2) is 53.5 Å². The molecule has 3 N–H and O–H groups in total. The third-order valence-corrected chi connectivity index (χ3v) is 3.73. The van der Waals surface area contributed by atoms with Crippen LogP contribution >= 0.6 is 0 Å². The first-order valence-corrected chi connectivity index (χ1v) is 7.25. The van der Waals surface area contributed by atoms with Crippen molar-refractivity contribution in [3.63, 3.8) is 0 Å². The maximum atomic E-state index is 5.72. The van der Waals surface area contributed by atoms with Crippen molar-refractivity contribution in [2.75, 3.05) is 11.4 Å². The summed E-state index contributed by atoms with van der Waals surface area (Å²) in [5.41, 5.74) is 7.49. The predicted molar refractivity (Wildman–Crippen MR) is 87.7 cm³/mol. The molecule has 1 aliphatic rings. The highest BCUT2D eigenvalue weighted by Gasteiger charge is 2.20. The molecule has 0 fully saturated rings. The minimum absolute atomic E-state index is 0.686. The first-order valence-electron chi connectivity index (χ1n) is 7.25. The van der Waals surface area contributed by atoms with Gasteiger partial charge in [0.15, 0.2) is 0 Å². The molecule has 1 aliphatic heterocycles. The molecule has 108 valence electrons. The van der Waals surface area contributed by atoms with Gasteiger partial charge in [-0.25, -0.2) is 10.8 Å². The highest BCUT2D eigenvalue weighted by atomic mass is 15.4. The Morgan fingerprint density at radius 2 is 2.00 bits per heavy atom. The quantitative estimate of drug-likeness (QED) is 0.365. The van der Waals surface area contributed by atoms with Crippen LogP contribution in [0.2, 0.25) is 0 Å². The van der Waals surface area contributed by atoms with Crippen LogP contribution in [0.25, 0.3) is 0 Å². The van der Waals surface area contributed by atoms with E-state index in [9.17, 15) is 0 Å². The number of guanidine groups is 1. The minimum atomic E-state index is 0.686. The summed E-state index contributed by atoms with van der Waals surface area (Å²) in [6.07, 6.45) is 2.21. The second-order valence-corrected chi connectivity index (χ2v) is 5.30. The van der Waals surface area contributed by atoms with Crippen LogP contribution in [0, 0.1) is 6.92 Å². The molecule has 2 aromatic rings. The average Bonchev–Trinajstić information content (AvgIpc) is 2.53. The topological polar surface area (TPSA) is 53.6 Å². The van der Waals surface area contributed by atoms with Gasteiger partial charge in [0.25, 0.3) is 0 Å². The van der Waals surface area contributed by atoms with Crippen molar-refractivity contribution in [2.45, 2.75) is 19.8 Å². The van der Waals surface area contributed by atoms with Gasteiger partial charge in [0.05, 0.1) is 5.69 Å². The summed E-state index contributed by atoms with van der Waals surface area (Å²) in [4.78, 5) is 6.79. The van der Waals surface area contributed by atoms with E-state index in [1.807, 2.05) is 30.3 Å². The van der Waals surface area contributed by atoms with Crippen LogP contribution < -0.4 is 16.2 Å². The van der Waals surface area contributed by atoms with Crippen molar-refractivity contribution in [1.29, 1.82) is 0 Å². The van der Waals surface area contributed by atoms with E-state index in [0.29, 0.717) is 5.96 Å². The third kappa shape index (κ3) is 2.90. The van der Waals surface area contributed by atoms with E-state index >= 15 is 0 Å². The lowest BCUT2D eigenvalue weighted by Crippen LogP contribution is -2.47. The molecule has 0 saturated heterocycles. The lowest BCUT2D eigenvalue weighted by Gasteiger charge is -2.31. The highest BCUT2D eigenvalue weighted by Crippen LogP contribution is 2.28. The van der Waals surface area contributed by atoms with Crippen molar-refractivity contribution >= 4 is 17.3 Å². The minimum Gasteiger partial charge on any atom is -0.311 e. The summed E-state index contributed by atoms with van der Waals surface area (Å²) in [6, 6.07) is 16.4. The summed E-state index contributed by atoms with van der Waals surface area (Å²) in [7, 11) is 0. The molecule has 0 saturated carbocycles. The zero-order chi connectivity index (χ0) is 14.7. The average molecular weight is 280 g/mol. The van der Waals surface area contributed by atoms with E-state index in [4.69, 9.17) is 5.84 Å². The number of nitrogens with one attached hydrogen (secondary N) is 1. The number of anilines is 1. The standard InChI is InChI=1S/C17H20N4/c1-13-9-10-16-14(12-13)6-5-11-21(16)17(20-18)19-15-7-3-2-4-8-15/h2-4,7-10,12H,5-6,11,18H2,1H3,(H,19,20). The summed E-state index contributed by atoms with van der Waals surface area (Å²) in [5, 5.41) is 0. The summed E-state index contributed by atoms with van der Waals surface area (Å²) in [5.74, 6) is 6.40. The van der Waals surface area contributed by atoms with Gasteiger partial charge in [-0.05, 0) is 43.5 Å². The number of nitrogens with zero attached hydrogens (tertiary/aromatic N) is 2. The number of benzene rings is 2. The van der Waals surface area contributed by atoms with E-state index in [-0.39, 0.29) is 0 Å². The van der Waals surface area contributed by atoms with Crippen LogP contribution in [0.5, 0.6) is 0 Å². The molecule has 0 aromatic heterocycles. The number of hydrazine groups is 1. The number of fused-ring (bicyclic) bond motifs is 1. The molecule has 4 heteroatoms. The molecule has 21 heavy (non-hydrogen) atoms. The third-order valence-electron chi connectivity index (χ3n) is 3.73. The number of hydrogen-bond acceptors (Lipinski definition) is 2. The highest BCUT2D eigenvalue weighted by molar-refractivity contribution is 5.98. The molecule has 3 rings (SSSR count). The smallest absolute Gasteiger partial charge is 0.218 e. The summed E-state index contributed by atoms with van der Waals surface area (Å²) < 4.78 is 0. The fraction of sp³-hybridized carbons (Fsp3) is 0.235. The second-order valence-electron chi connectivity index (χ2n) is 5.30. The van der Waals surface area contributed by atoms with Crippen molar-refractivity contribution in [3.8, 4) is 0 Å². The number of nitrogens with two attached hydrogens (primary N) is 1. The monoisotopic (exact) mass is 280 g/mol. The molecule has 0 bridgehead atoms. The maximum absolute atomic E-state index is 5.72. The maximum Gasteiger partial charge on any atom is 0.218 e. The van der Waals surface area contributed by atoms with Crippen LogP contribution in [-0.4, -0.2) is 12.5 Å². The SMILES string of the molecule is Cc1ccc2c(c1)CCCN2C(=Nc1ccccc1)NN. The van der Waals surface area contributed by atoms with Gasteiger partial charge in [-0.15, -0.1) is 0 Å². The van der Waals surface area contributed by atoms with E-state index in [2.05, 4.69) is 40.4 Å². The number of aliphatic imine (C=N–C) groups is 1. The molecule has 0 atom stereocenters. The predicted octanol–water partition coefficient (Wildman–Crippen LogP) is 2.90. The van der Waals surface area contributed by atoms with E-state index < -0.39 is 0 Å². The Hall–Kier alpha value is -2.33. The molecule has 4 nitrogen and oxygen atoms in total. The molecule has 0 unspecified atom stereocenters. The van der Waals surface area contributed by atoms with Gasteiger partial charge >= 0.3 is 0 Å². The van der Waals surface area contributed by atoms with Crippen molar-refractivity contribution in [2.24, 2.45) is 10.8 Å². The first kappa shape index (κ1) is 13.6. The Labute approximate surface area is 125 Å². The Morgan fingerprint density at radius 1 is 1.19 bits per heavy atom. The lowest BCUT2D eigenvalue weighted by atomic mass is 10.00. The molecule has 2 aromatic carbocycles. The largest absolute Gasteiger partial charge is 0.311 e. The lowest BCUT2D eigenvalue weighted by molar-refractivity contribution is 0.761. The Morgan fingerprint density at radius 3 is 2.76 bits per heavy atom. The van der Waals surface area contributed by atoms with Gasteiger partial charge in [0, 0.05) is 12.2 Å². The zero-order valence-electron chi connectivity index (χ0n) is 12.2. The van der Waals surface area contributed by atoms with E-state index in [0.717, 1.165) is 25.1 Å². The molecule has 0 radical (unpaired) electrons. The Kier molecular flexibility index (Phi) is 3.88. The van der Waals surface area contributed by atoms with Crippen molar-refractivity contribution in [3.05, 3.63) is 59.7 Å². The van der Waals surface area contributed by atoms with Gasteiger partial charge in [0.2, 0.25) is 5.96 Å². The fourth-order valence-electron chi connectivity index (χ4n) is 2.74. The van der Waals surface area contributed by atoms with Crippen LogP contribution in [-0.2, 0) is 6.42 Å². The van der Waals surface area contributed by atoms with Gasteiger partial charge in [0.1, 0.15) is 0 Å². The summed E-state index contributed by atoms with van der Waals surface area (Å²) >= 11 is 0. The molecule has 1 heterocycles. The summed E-state index contributed by atoms with van der Waals surface area (Å²) in [6.45, 7) is 3.05. The van der Waals surface area contributed by atoms with E-state index in [1.165, 1.54) is 16.8 Å². The van der Waals surface area contributed by atoms with Crippen LogP contribution in [0.1, 0.15) is 17.5 Å². The van der Waals surface area contributed by atoms with Gasteiger partial charge < -0.3 is 4.90 Å². The van der Waals surface area contributed by atoms with Crippen LogP contribution in [0.3, 0.4) is 0 Å². The number of rotatable bonds is 1. The van der Waals surface area contributed by atoms with Gasteiger partial charge in [-0.3, -0.25) is 5.43 Å². The number of para-hydroxylation sites is 1. The molecular formula is C17H20N4. The fourth-order valence-corrected chi connectivity index (χ4v) is 2.74. The number of hydrogen-bond donors (Lipinski definition) is 2. The molecule has 0 spiro atoms. The van der Waals surface area contributed by atoms with E-state index in [1.54, 1.807) is 0 Å². The van der Waals surface area contributed by atoms with Crippen molar-refractivity contribution in [1.82, 2.24) is 5.43 Å². The second kappa shape index (κ2) is 5.97. The Bertz CT molecular complexity index is 649. The zero-order valence-corrected chi connectivity index (χ0v) is 12.2. The molecule has 0 aliphatic carbocycles. The molecular weight excluding hydrogens is 260 g/mol. The first-order chi connectivity index (χ1) is 10.3. The molecule has 0 amide bonds. The Balaban J connectivity index is 1.98. The normalized spacial score (nSPS) is 14.8. The van der Waals surface area contributed by atoms with Gasteiger partial charge in [-0.1, -0.05) is 35.9 Å². The van der Waals surface area contributed by atoms with Crippen molar-refractivity contribution < 1.29 is 0 Å².